The molecule has 5 nitrogen and oxygen atoms in total. The van der Waals surface area contributed by atoms with Crippen molar-refractivity contribution in [2.75, 3.05) is 19.6 Å². The minimum atomic E-state index is -0.986. The number of carbonyl (C=O) groups excluding carboxylic acids is 1. The average molecular weight is 240 g/mol. The van der Waals surface area contributed by atoms with Crippen molar-refractivity contribution in [3.05, 3.63) is 11.6 Å². The predicted molar refractivity (Wildman–Crippen MR) is 64.8 cm³/mol. The van der Waals surface area contributed by atoms with E-state index in [2.05, 4.69) is 11.4 Å². The lowest BCUT2D eigenvalue weighted by Gasteiger charge is -2.19. The first-order chi connectivity index (χ1) is 8.13. The van der Waals surface area contributed by atoms with Crippen molar-refractivity contribution in [1.82, 2.24) is 10.2 Å². The summed E-state index contributed by atoms with van der Waals surface area (Å²) in [5.74, 6) is -0.986. The number of nitrogens with one attached hydrogen (secondary N) is 1. The highest BCUT2D eigenvalue weighted by Gasteiger charge is 2.14. The molecule has 2 N–H and O–H groups in total. The smallest absolute Gasteiger partial charge is 0.323 e. The molecule has 0 aromatic heterocycles. The first-order valence-corrected chi connectivity index (χ1v) is 6.06. The van der Waals surface area contributed by atoms with E-state index in [0.717, 1.165) is 19.3 Å². The standard InChI is InChI=1S/C12H20N2O3/c1-2-14(9-11(15)16)12(17)13-8-7-10-5-3-4-6-10/h5H,2-4,6-9H2,1H3,(H,13,17)(H,15,16). The van der Waals surface area contributed by atoms with Gasteiger partial charge in [0.2, 0.25) is 0 Å². The van der Waals surface area contributed by atoms with E-state index < -0.39 is 5.97 Å². The van der Waals surface area contributed by atoms with E-state index in [1.54, 1.807) is 6.92 Å². The van der Waals surface area contributed by atoms with Crippen molar-refractivity contribution in [2.24, 2.45) is 0 Å². The summed E-state index contributed by atoms with van der Waals surface area (Å²) in [5.41, 5.74) is 1.39. The molecule has 0 aromatic rings. The Morgan fingerprint density at radius 2 is 2.29 bits per heavy atom. The number of carboxylic acids is 1. The number of carbonyl (C=O) groups is 2. The van der Waals surface area contributed by atoms with Gasteiger partial charge in [0.05, 0.1) is 0 Å². The van der Waals surface area contributed by atoms with Gasteiger partial charge in [0.1, 0.15) is 6.54 Å². The van der Waals surface area contributed by atoms with Gasteiger partial charge >= 0.3 is 12.0 Å². The molecule has 1 aliphatic rings. The molecule has 0 atom stereocenters. The van der Waals surface area contributed by atoms with Crippen LogP contribution in [0.15, 0.2) is 11.6 Å². The molecule has 0 bridgehead atoms. The SMILES string of the molecule is CCN(CC(=O)O)C(=O)NCCC1=CCCC1. The van der Waals surface area contributed by atoms with Crippen LogP contribution in [0.25, 0.3) is 0 Å². The van der Waals surface area contributed by atoms with Gasteiger partial charge < -0.3 is 15.3 Å². The van der Waals surface area contributed by atoms with Crippen LogP contribution in [0.4, 0.5) is 4.79 Å². The second-order valence-electron chi connectivity index (χ2n) is 4.14. The number of allylic oxidation sites excluding steroid dienone is 1. The first-order valence-electron chi connectivity index (χ1n) is 6.06. The minimum absolute atomic E-state index is 0.245. The lowest BCUT2D eigenvalue weighted by molar-refractivity contribution is -0.137. The number of hydrogen-bond acceptors (Lipinski definition) is 2. The summed E-state index contributed by atoms with van der Waals surface area (Å²) in [5, 5.41) is 11.4. The Labute approximate surface area is 101 Å². The van der Waals surface area contributed by atoms with Crippen LogP contribution in [-0.4, -0.2) is 41.6 Å². The third-order valence-electron chi connectivity index (χ3n) is 2.85. The Kier molecular flexibility index (Phi) is 5.52. The normalized spacial score (nSPS) is 14.3. The minimum Gasteiger partial charge on any atom is -0.480 e. The van der Waals surface area contributed by atoms with E-state index in [-0.39, 0.29) is 12.6 Å². The highest BCUT2D eigenvalue weighted by molar-refractivity contribution is 5.79. The maximum Gasteiger partial charge on any atom is 0.323 e. The molecule has 0 spiro atoms. The van der Waals surface area contributed by atoms with E-state index in [9.17, 15) is 9.59 Å². The topological polar surface area (TPSA) is 69.6 Å². The highest BCUT2D eigenvalue weighted by Crippen LogP contribution is 2.19. The molecule has 0 saturated heterocycles. The van der Waals surface area contributed by atoms with Crippen LogP contribution in [0.3, 0.4) is 0 Å². The number of aliphatic carboxylic acids is 1. The van der Waals surface area contributed by atoms with Gasteiger partial charge in [0.15, 0.2) is 0 Å². The zero-order valence-corrected chi connectivity index (χ0v) is 10.2. The summed E-state index contributed by atoms with van der Waals surface area (Å²) >= 11 is 0. The number of nitrogens with zero attached hydrogens (tertiary/aromatic N) is 1. The van der Waals surface area contributed by atoms with Gasteiger partial charge in [-0.05, 0) is 32.6 Å². The molecule has 0 saturated carbocycles. The predicted octanol–water partition coefficient (Wildman–Crippen LogP) is 1.60. The highest BCUT2D eigenvalue weighted by atomic mass is 16.4. The zero-order chi connectivity index (χ0) is 12.7. The van der Waals surface area contributed by atoms with E-state index in [0.29, 0.717) is 13.1 Å². The van der Waals surface area contributed by atoms with E-state index in [1.165, 1.54) is 16.9 Å². The van der Waals surface area contributed by atoms with Crippen molar-refractivity contribution in [3.63, 3.8) is 0 Å². The molecule has 2 amide bonds. The molecule has 0 aromatic carbocycles. The van der Waals surface area contributed by atoms with Crippen molar-refractivity contribution in [2.45, 2.75) is 32.6 Å². The Morgan fingerprint density at radius 1 is 1.53 bits per heavy atom. The Balaban J connectivity index is 2.24. The van der Waals surface area contributed by atoms with Gasteiger partial charge in [0, 0.05) is 13.1 Å². The monoisotopic (exact) mass is 240 g/mol. The van der Waals surface area contributed by atoms with Gasteiger partial charge in [0.25, 0.3) is 0 Å². The van der Waals surface area contributed by atoms with E-state index in [1.807, 2.05) is 0 Å². The molecule has 1 aliphatic carbocycles. The largest absolute Gasteiger partial charge is 0.480 e. The van der Waals surface area contributed by atoms with Crippen molar-refractivity contribution in [3.8, 4) is 0 Å². The second-order valence-corrected chi connectivity index (χ2v) is 4.14. The summed E-state index contributed by atoms with van der Waals surface area (Å²) in [6.45, 7) is 2.51. The van der Waals surface area contributed by atoms with Crippen molar-refractivity contribution in [1.29, 1.82) is 0 Å². The number of likely N-dealkylation sites (N-methyl/N-ethyl adjacent to an activating group) is 1. The second kappa shape index (κ2) is 6.93. The van der Waals surface area contributed by atoms with Crippen LogP contribution in [0.5, 0.6) is 0 Å². The maximum atomic E-state index is 11.6. The Bertz CT molecular complexity index is 313. The van der Waals surface area contributed by atoms with Gasteiger partial charge in [-0.25, -0.2) is 4.79 Å². The number of rotatable bonds is 6. The summed E-state index contributed by atoms with van der Waals surface area (Å²) in [6.07, 6.45) is 6.58. The Morgan fingerprint density at radius 3 is 2.82 bits per heavy atom. The quantitative estimate of drug-likeness (QED) is 0.693. The van der Waals surface area contributed by atoms with Crippen LogP contribution in [0, 0.1) is 0 Å². The summed E-state index contributed by atoms with van der Waals surface area (Å²) < 4.78 is 0. The fourth-order valence-electron chi connectivity index (χ4n) is 1.90. The van der Waals surface area contributed by atoms with Gasteiger partial charge in [-0.3, -0.25) is 4.79 Å². The average Bonchev–Trinajstić information content (AvgIpc) is 2.78. The molecule has 0 unspecified atom stereocenters. The fourth-order valence-corrected chi connectivity index (χ4v) is 1.90. The molecule has 5 heteroatoms. The number of urea groups is 1. The summed E-state index contributed by atoms with van der Waals surface area (Å²) in [4.78, 5) is 23.4. The van der Waals surface area contributed by atoms with Crippen LogP contribution < -0.4 is 5.32 Å². The van der Waals surface area contributed by atoms with Crippen molar-refractivity contribution >= 4 is 12.0 Å². The first kappa shape index (κ1) is 13.5. The van der Waals surface area contributed by atoms with Gasteiger partial charge in [-0.1, -0.05) is 11.6 Å². The lowest BCUT2D eigenvalue weighted by Crippen LogP contribution is -2.42. The van der Waals surface area contributed by atoms with Crippen molar-refractivity contribution < 1.29 is 14.7 Å². The van der Waals surface area contributed by atoms with Gasteiger partial charge in [-0.15, -0.1) is 0 Å². The number of carboxylic acid groups (broad SMARTS) is 1. The molecule has 0 fully saturated rings. The molecular formula is C12H20N2O3. The molecule has 17 heavy (non-hydrogen) atoms. The molecule has 0 radical (unpaired) electrons. The molecule has 0 heterocycles. The van der Waals surface area contributed by atoms with Crippen LogP contribution >= 0.6 is 0 Å². The number of hydrogen-bond donors (Lipinski definition) is 2. The Hall–Kier alpha value is -1.52. The number of amides is 2. The molecular weight excluding hydrogens is 220 g/mol. The van der Waals surface area contributed by atoms with Crippen LogP contribution in [0.1, 0.15) is 32.6 Å². The molecule has 96 valence electrons. The lowest BCUT2D eigenvalue weighted by atomic mass is 10.2. The van der Waals surface area contributed by atoms with E-state index >= 15 is 0 Å². The molecule has 0 aliphatic heterocycles. The third-order valence-corrected chi connectivity index (χ3v) is 2.85. The zero-order valence-electron chi connectivity index (χ0n) is 10.2. The van der Waals surface area contributed by atoms with Crippen LogP contribution in [0.2, 0.25) is 0 Å². The summed E-state index contributed by atoms with van der Waals surface area (Å²) in [6, 6.07) is -0.298. The summed E-state index contributed by atoms with van der Waals surface area (Å²) in [7, 11) is 0. The van der Waals surface area contributed by atoms with Gasteiger partial charge in [-0.2, -0.15) is 0 Å². The molecule has 1 rings (SSSR count). The maximum absolute atomic E-state index is 11.6. The van der Waals surface area contributed by atoms with Crippen LogP contribution in [-0.2, 0) is 4.79 Å². The van der Waals surface area contributed by atoms with E-state index in [4.69, 9.17) is 5.11 Å². The third kappa shape index (κ3) is 4.89. The fraction of sp³-hybridized carbons (Fsp3) is 0.667.